The molecule has 2 heterocycles. The molecule has 1 N–H and O–H groups in total. The molecule has 0 aliphatic rings. The van der Waals surface area contributed by atoms with Gasteiger partial charge in [0.05, 0.1) is 24.0 Å². The van der Waals surface area contributed by atoms with Crippen molar-refractivity contribution in [1.29, 1.82) is 0 Å². The molecule has 13 heteroatoms. The van der Waals surface area contributed by atoms with Gasteiger partial charge in [0, 0.05) is 5.56 Å². The number of rotatable bonds is 6. The summed E-state index contributed by atoms with van der Waals surface area (Å²) in [6, 6.07) is 9.87. The Kier molecular flexibility index (Phi) is 5.54. The Bertz CT molecular complexity index is 1240. The Morgan fingerprint density at radius 3 is 2.75 bits per heavy atom. The highest BCUT2D eigenvalue weighted by Gasteiger charge is 2.31. The Morgan fingerprint density at radius 2 is 2.03 bits per heavy atom. The number of tetrazole rings is 1. The Morgan fingerprint density at radius 1 is 1.19 bits per heavy atom. The molecule has 0 bridgehead atoms. The number of hydrogen-bond acceptors (Lipinski definition) is 7. The normalized spacial score (nSPS) is 11.4. The number of nitrogens with one attached hydrogen (secondary N) is 1. The van der Waals surface area contributed by atoms with Gasteiger partial charge >= 0.3 is 6.18 Å². The van der Waals surface area contributed by atoms with Crippen LogP contribution in [0.15, 0.2) is 55.1 Å². The van der Waals surface area contributed by atoms with Crippen molar-refractivity contribution in [2.75, 3.05) is 12.4 Å². The maximum Gasteiger partial charge on any atom is 0.416 e. The lowest BCUT2D eigenvalue weighted by Gasteiger charge is -2.14. The van der Waals surface area contributed by atoms with E-state index in [1.165, 1.54) is 30.5 Å². The lowest BCUT2D eigenvalue weighted by Crippen LogP contribution is -2.22. The van der Waals surface area contributed by atoms with Crippen LogP contribution in [0, 0.1) is 0 Å². The van der Waals surface area contributed by atoms with Crippen LogP contribution >= 0.6 is 0 Å². The highest BCUT2D eigenvalue weighted by atomic mass is 19.4. The van der Waals surface area contributed by atoms with Crippen LogP contribution < -0.4 is 10.1 Å². The van der Waals surface area contributed by atoms with E-state index in [0.29, 0.717) is 11.3 Å². The summed E-state index contributed by atoms with van der Waals surface area (Å²) in [4.78, 5) is 17.3. The highest BCUT2D eigenvalue weighted by Crippen LogP contribution is 2.33. The van der Waals surface area contributed by atoms with Crippen LogP contribution in [-0.4, -0.2) is 48.0 Å². The fraction of sp³-hybridized carbons (Fsp3) is 0.158. The molecule has 0 atom stereocenters. The van der Waals surface area contributed by atoms with E-state index < -0.39 is 17.6 Å². The van der Waals surface area contributed by atoms with E-state index in [1.807, 2.05) is 0 Å². The van der Waals surface area contributed by atoms with Crippen LogP contribution in [0.4, 0.5) is 18.9 Å². The largest absolute Gasteiger partial charge is 0.497 e. The van der Waals surface area contributed by atoms with E-state index in [-0.39, 0.29) is 23.7 Å². The maximum absolute atomic E-state index is 13.2. The molecule has 2 aromatic heterocycles. The molecule has 0 fully saturated rings. The van der Waals surface area contributed by atoms with E-state index in [2.05, 4.69) is 30.8 Å². The molecule has 10 nitrogen and oxygen atoms in total. The molecule has 164 valence electrons. The van der Waals surface area contributed by atoms with Crippen LogP contribution in [0.1, 0.15) is 5.56 Å². The first-order valence-electron chi connectivity index (χ1n) is 9.12. The Balaban J connectivity index is 1.55. The minimum Gasteiger partial charge on any atom is -0.497 e. The lowest BCUT2D eigenvalue weighted by atomic mass is 10.1. The van der Waals surface area contributed by atoms with Crippen molar-refractivity contribution < 1.29 is 22.7 Å². The molecule has 1 amide bonds. The molecule has 0 unspecified atom stereocenters. The standard InChI is InChI=1S/C19H15F3N8O2/c1-32-14-4-2-3-12(7-14)18-26-28-30(27-18)9-17(31)25-15-8-13(19(20,21)22)5-6-16(15)29-11-23-10-24-29/h2-8,10-11H,9H2,1H3,(H,25,31). The van der Waals surface area contributed by atoms with Crippen molar-refractivity contribution in [1.82, 2.24) is 35.0 Å². The molecule has 4 aromatic rings. The summed E-state index contributed by atoms with van der Waals surface area (Å²) >= 11 is 0. The van der Waals surface area contributed by atoms with Gasteiger partial charge in [0.15, 0.2) is 0 Å². The highest BCUT2D eigenvalue weighted by molar-refractivity contribution is 5.92. The number of carbonyl (C=O) groups excluding carboxylic acids is 1. The third-order valence-electron chi connectivity index (χ3n) is 4.33. The zero-order valence-electron chi connectivity index (χ0n) is 16.5. The number of benzene rings is 2. The maximum atomic E-state index is 13.2. The van der Waals surface area contributed by atoms with Gasteiger partial charge in [-0.05, 0) is 35.5 Å². The molecule has 0 saturated heterocycles. The molecule has 0 radical (unpaired) electrons. The predicted octanol–water partition coefficient (Wildman–Crippen LogP) is 2.59. The number of ether oxygens (including phenoxy) is 1. The van der Waals surface area contributed by atoms with Crippen LogP contribution in [0.25, 0.3) is 17.1 Å². The third-order valence-corrected chi connectivity index (χ3v) is 4.33. The fourth-order valence-corrected chi connectivity index (χ4v) is 2.85. The zero-order chi connectivity index (χ0) is 22.7. The number of methoxy groups -OCH3 is 1. The number of anilines is 1. The average Bonchev–Trinajstić information content (AvgIpc) is 3.45. The molecular formula is C19H15F3N8O2. The minimum absolute atomic E-state index is 0.0940. The van der Waals surface area contributed by atoms with Gasteiger partial charge in [-0.1, -0.05) is 12.1 Å². The van der Waals surface area contributed by atoms with Crippen LogP contribution in [0.3, 0.4) is 0 Å². The van der Waals surface area contributed by atoms with Crippen molar-refractivity contribution >= 4 is 11.6 Å². The molecule has 0 aliphatic heterocycles. The first-order valence-corrected chi connectivity index (χ1v) is 9.12. The van der Waals surface area contributed by atoms with Gasteiger partial charge in [0.25, 0.3) is 0 Å². The van der Waals surface area contributed by atoms with Crippen molar-refractivity contribution in [2.24, 2.45) is 0 Å². The van der Waals surface area contributed by atoms with Gasteiger partial charge in [-0.15, -0.1) is 10.2 Å². The van der Waals surface area contributed by atoms with E-state index in [0.717, 1.165) is 16.9 Å². The van der Waals surface area contributed by atoms with Gasteiger partial charge in [-0.3, -0.25) is 4.79 Å². The van der Waals surface area contributed by atoms with Gasteiger partial charge in [-0.2, -0.15) is 23.1 Å². The summed E-state index contributed by atoms with van der Waals surface area (Å²) in [5, 5.41) is 18.2. The number of alkyl halides is 3. The van der Waals surface area contributed by atoms with Crippen molar-refractivity contribution in [3.05, 3.63) is 60.7 Å². The van der Waals surface area contributed by atoms with Crippen LogP contribution in [-0.2, 0) is 17.5 Å². The minimum atomic E-state index is -4.58. The first kappa shape index (κ1) is 21.0. The average molecular weight is 444 g/mol. The van der Waals surface area contributed by atoms with E-state index >= 15 is 0 Å². The SMILES string of the molecule is COc1cccc(-c2nnn(CC(=O)Nc3cc(C(F)(F)F)ccc3-n3cncn3)n2)c1. The topological polar surface area (TPSA) is 113 Å². The third kappa shape index (κ3) is 4.55. The second-order valence-corrected chi connectivity index (χ2v) is 6.49. The molecular weight excluding hydrogens is 429 g/mol. The zero-order valence-corrected chi connectivity index (χ0v) is 16.5. The smallest absolute Gasteiger partial charge is 0.416 e. The molecule has 4 rings (SSSR count). The first-order chi connectivity index (χ1) is 15.3. The van der Waals surface area contributed by atoms with E-state index in [4.69, 9.17) is 4.74 Å². The number of hydrogen-bond donors (Lipinski definition) is 1. The second kappa shape index (κ2) is 8.45. The molecule has 0 aliphatic carbocycles. The summed E-state index contributed by atoms with van der Waals surface area (Å²) in [5.41, 5.74) is -0.172. The van der Waals surface area contributed by atoms with Crippen LogP contribution in [0.2, 0.25) is 0 Å². The lowest BCUT2D eigenvalue weighted by molar-refractivity contribution is -0.137. The number of nitrogens with zero attached hydrogens (tertiary/aromatic N) is 7. The summed E-state index contributed by atoms with van der Waals surface area (Å²) < 4.78 is 45.9. The summed E-state index contributed by atoms with van der Waals surface area (Å²) in [5.74, 6) is 0.209. The molecule has 0 spiro atoms. The quantitative estimate of drug-likeness (QED) is 0.486. The van der Waals surface area contributed by atoms with Crippen molar-refractivity contribution in [2.45, 2.75) is 12.7 Å². The van der Waals surface area contributed by atoms with Crippen LogP contribution in [0.5, 0.6) is 5.75 Å². The van der Waals surface area contributed by atoms with Gasteiger partial charge < -0.3 is 10.1 Å². The fourth-order valence-electron chi connectivity index (χ4n) is 2.85. The molecule has 32 heavy (non-hydrogen) atoms. The van der Waals surface area contributed by atoms with Gasteiger partial charge in [-0.25, -0.2) is 9.67 Å². The van der Waals surface area contributed by atoms with Gasteiger partial charge in [0.1, 0.15) is 24.9 Å². The second-order valence-electron chi connectivity index (χ2n) is 6.49. The Labute approximate surface area is 178 Å². The van der Waals surface area contributed by atoms with E-state index in [1.54, 1.807) is 24.3 Å². The van der Waals surface area contributed by atoms with Crippen molar-refractivity contribution in [3.8, 4) is 22.8 Å². The molecule has 2 aromatic carbocycles. The number of amides is 1. The Hall–Kier alpha value is -4.29. The number of carbonyl (C=O) groups is 1. The van der Waals surface area contributed by atoms with E-state index in [9.17, 15) is 18.0 Å². The monoisotopic (exact) mass is 444 g/mol. The van der Waals surface area contributed by atoms with Crippen molar-refractivity contribution in [3.63, 3.8) is 0 Å². The summed E-state index contributed by atoms with van der Waals surface area (Å²) in [7, 11) is 1.52. The van der Waals surface area contributed by atoms with Gasteiger partial charge in [0.2, 0.25) is 11.7 Å². The molecule has 0 saturated carbocycles. The number of halogens is 3. The summed E-state index contributed by atoms with van der Waals surface area (Å²) in [6.07, 6.45) is -2.06. The predicted molar refractivity (Wildman–Crippen MR) is 105 cm³/mol. The summed E-state index contributed by atoms with van der Waals surface area (Å²) in [6.45, 7) is -0.371. The number of aromatic nitrogens is 7.